The van der Waals surface area contributed by atoms with Gasteiger partial charge in [0.15, 0.2) is 6.61 Å². The summed E-state index contributed by atoms with van der Waals surface area (Å²) in [6, 6.07) is 5.14. The quantitative estimate of drug-likeness (QED) is 0.549. The molecule has 0 saturated heterocycles. The lowest BCUT2D eigenvalue weighted by molar-refractivity contribution is -0.123. The highest BCUT2D eigenvalue weighted by Gasteiger charge is 2.27. The van der Waals surface area contributed by atoms with Crippen LogP contribution in [0.5, 0.6) is 0 Å². The van der Waals surface area contributed by atoms with Gasteiger partial charge in [-0.1, -0.05) is 13.8 Å². The number of sulfonamides is 1. The van der Waals surface area contributed by atoms with Crippen molar-refractivity contribution in [1.29, 1.82) is 0 Å². The number of ether oxygens (including phenoxy) is 1. The number of nitrogens with one attached hydrogen (secondary N) is 2. The van der Waals surface area contributed by atoms with Crippen LogP contribution in [0.4, 0.5) is 9.18 Å². The summed E-state index contributed by atoms with van der Waals surface area (Å²) in [7, 11) is -4.15. The third-order valence-electron chi connectivity index (χ3n) is 4.08. The fraction of sp³-hybridized carbons (Fsp3) is 0.316. The average molecular weight is 455 g/mol. The Morgan fingerprint density at radius 2 is 1.87 bits per heavy atom. The number of rotatable bonds is 9. The van der Waals surface area contributed by atoms with E-state index in [9.17, 15) is 27.2 Å². The summed E-state index contributed by atoms with van der Waals surface area (Å²) in [6.45, 7) is 2.68. The van der Waals surface area contributed by atoms with Crippen LogP contribution in [0, 0.1) is 5.82 Å². The Balaban J connectivity index is 1.96. The zero-order valence-corrected chi connectivity index (χ0v) is 17.7. The van der Waals surface area contributed by atoms with Gasteiger partial charge in [-0.15, -0.1) is 0 Å². The third-order valence-corrected chi connectivity index (χ3v) is 6.15. The lowest BCUT2D eigenvalue weighted by Gasteiger charge is -2.19. The Labute approximate surface area is 178 Å². The fourth-order valence-electron chi connectivity index (χ4n) is 2.53. The molecule has 0 spiro atoms. The Morgan fingerprint density at radius 1 is 1.16 bits per heavy atom. The Hall–Kier alpha value is -3.25. The highest BCUT2D eigenvalue weighted by Crippen LogP contribution is 2.21. The molecule has 2 rings (SSSR count). The number of furan rings is 1. The van der Waals surface area contributed by atoms with Gasteiger partial charge in [0.2, 0.25) is 10.0 Å². The molecule has 0 aliphatic heterocycles. The van der Waals surface area contributed by atoms with Crippen molar-refractivity contribution in [2.24, 2.45) is 0 Å². The molecular formula is C19H22FN3O7S. The van der Waals surface area contributed by atoms with E-state index in [2.05, 4.69) is 5.32 Å². The molecule has 0 unspecified atom stereocenters. The summed E-state index contributed by atoms with van der Waals surface area (Å²) in [5, 5.41) is 4.32. The first kappa shape index (κ1) is 24.0. The van der Waals surface area contributed by atoms with E-state index in [4.69, 9.17) is 9.15 Å². The minimum Gasteiger partial charge on any atom is -0.467 e. The summed E-state index contributed by atoms with van der Waals surface area (Å²) < 4.78 is 50.0. The first-order valence-electron chi connectivity index (χ1n) is 9.25. The molecule has 0 saturated carbocycles. The van der Waals surface area contributed by atoms with E-state index in [1.807, 2.05) is 5.32 Å². The van der Waals surface area contributed by atoms with Gasteiger partial charge in [-0.3, -0.25) is 10.1 Å². The molecule has 0 atom stereocenters. The van der Waals surface area contributed by atoms with Crippen molar-refractivity contribution in [1.82, 2.24) is 14.9 Å². The van der Waals surface area contributed by atoms with Crippen molar-refractivity contribution in [2.75, 3.05) is 19.7 Å². The van der Waals surface area contributed by atoms with Crippen LogP contribution in [0.2, 0.25) is 0 Å². The predicted octanol–water partition coefficient (Wildman–Crippen LogP) is 1.63. The Morgan fingerprint density at radius 3 is 2.48 bits per heavy atom. The normalized spacial score (nSPS) is 11.2. The van der Waals surface area contributed by atoms with Crippen LogP contribution in [-0.4, -0.2) is 50.3 Å². The van der Waals surface area contributed by atoms with Gasteiger partial charge >= 0.3 is 12.0 Å². The summed E-state index contributed by atoms with van der Waals surface area (Å²) in [5.74, 6) is -2.51. The van der Waals surface area contributed by atoms with E-state index in [-0.39, 0.29) is 25.2 Å². The van der Waals surface area contributed by atoms with Crippen molar-refractivity contribution in [3.05, 3.63) is 53.7 Å². The van der Waals surface area contributed by atoms with Crippen LogP contribution in [-0.2, 0) is 26.1 Å². The van der Waals surface area contributed by atoms with E-state index < -0.39 is 45.3 Å². The molecule has 0 radical (unpaired) electrons. The van der Waals surface area contributed by atoms with Crippen molar-refractivity contribution in [2.45, 2.75) is 25.3 Å². The number of carbonyl (C=O) groups excluding carboxylic acids is 3. The Kier molecular flexibility index (Phi) is 8.28. The molecule has 10 nitrogen and oxygen atoms in total. The van der Waals surface area contributed by atoms with Gasteiger partial charge in [-0.2, -0.15) is 4.31 Å². The van der Waals surface area contributed by atoms with E-state index in [1.165, 1.54) is 6.26 Å². The molecule has 0 bridgehead atoms. The topological polar surface area (TPSA) is 135 Å². The molecule has 3 amide bonds. The zero-order chi connectivity index (χ0) is 23.0. The number of hydrogen-bond donors (Lipinski definition) is 2. The van der Waals surface area contributed by atoms with Crippen LogP contribution in [0.1, 0.15) is 30.0 Å². The average Bonchev–Trinajstić information content (AvgIpc) is 3.25. The van der Waals surface area contributed by atoms with Crippen molar-refractivity contribution < 1.29 is 36.3 Å². The van der Waals surface area contributed by atoms with Gasteiger partial charge in [0.05, 0.1) is 18.4 Å². The van der Waals surface area contributed by atoms with Crippen molar-refractivity contribution >= 4 is 27.9 Å². The molecular weight excluding hydrogens is 433 g/mol. The monoisotopic (exact) mass is 455 g/mol. The number of hydrogen-bond acceptors (Lipinski definition) is 7. The number of halogens is 1. The van der Waals surface area contributed by atoms with Crippen LogP contribution in [0.25, 0.3) is 0 Å². The van der Waals surface area contributed by atoms with Gasteiger partial charge in [-0.25, -0.2) is 22.4 Å². The van der Waals surface area contributed by atoms with E-state index in [1.54, 1.807) is 26.0 Å². The van der Waals surface area contributed by atoms with Crippen LogP contribution >= 0.6 is 0 Å². The maximum Gasteiger partial charge on any atom is 0.338 e. The number of carbonyl (C=O) groups is 3. The number of imide groups is 1. The smallest absolute Gasteiger partial charge is 0.338 e. The summed E-state index contributed by atoms with van der Waals surface area (Å²) >= 11 is 0. The lowest BCUT2D eigenvalue weighted by atomic mass is 10.2. The molecule has 168 valence electrons. The van der Waals surface area contributed by atoms with Gasteiger partial charge in [0.25, 0.3) is 5.91 Å². The summed E-state index contributed by atoms with van der Waals surface area (Å²) in [5.41, 5.74) is -0.262. The van der Waals surface area contributed by atoms with Crippen LogP contribution in [0.15, 0.2) is 45.9 Å². The zero-order valence-electron chi connectivity index (χ0n) is 16.9. The first-order valence-corrected chi connectivity index (χ1v) is 10.7. The third kappa shape index (κ3) is 6.36. The molecule has 2 aromatic rings. The Bertz CT molecular complexity index is 1030. The standard InChI is InChI=1S/C19H22FN3O7S/c1-3-23(4-2)31(27,28)16-10-13(7-8-15(16)20)18(25)30-12-17(24)22-19(26)21-11-14-6-5-9-29-14/h5-10H,3-4,11-12H2,1-2H3,(H2,21,22,24,26). The van der Waals surface area contributed by atoms with Crippen LogP contribution < -0.4 is 10.6 Å². The second-order valence-electron chi connectivity index (χ2n) is 6.12. The molecule has 1 aromatic heterocycles. The molecule has 12 heteroatoms. The molecule has 0 fully saturated rings. The largest absolute Gasteiger partial charge is 0.467 e. The SMILES string of the molecule is CCN(CC)S(=O)(=O)c1cc(C(=O)OCC(=O)NC(=O)NCc2ccco2)ccc1F. The van der Waals surface area contributed by atoms with E-state index in [0.717, 1.165) is 22.5 Å². The highest BCUT2D eigenvalue weighted by molar-refractivity contribution is 7.89. The minimum absolute atomic E-state index is 0.0469. The predicted molar refractivity (Wildman–Crippen MR) is 106 cm³/mol. The molecule has 1 heterocycles. The second kappa shape index (κ2) is 10.7. The first-order chi connectivity index (χ1) is 14.7. The molecule has 31 heavy (non-hydrogen) atoms. The number of amides is 3. The fourth-order valence-corrected chi connectivity index (χ4v) is 4.08. The number of nitrogens with zero attached hydrogens (tertiary/aromatic N) is 1. The van der Waals surface area contributed by atoms with Gasteiger partial charge < -0.3 is 14.5 Å². The van der Waals surface area contributed by atoms with Gasteiger partial charge in [0, 0.05) is 13.1 Å². The number of esters is 1. The highest BCUT2D eigenvalue weighted by atomic mass is 32.2. The summed E-state index contributed by atoms with van der Waals surface area (Å²) in [6.07, 6.45) is 1.42. The number of urea groups is 1. The maximum atomic E-state index is 14.1. The van der Waals surface area contributed by atoms with E-state index in [0.29, 0.717) is 5.76 Å². The summed E-state index contributed by atoms with van der Waals surface area (Å²) in [4.78, 5) is 34.9. The van der Waals surface area contributed by atoms with Gasteiger partial charge in [-0.05, 0) is 30.3 Å². The van der Waals surface area contributed by atoms with Crippen molar-refractivity contribution in [3.8, 4) is 0 Å². The van der Waals surface area contributed by atoms with Crippen LogP contribution in [0.3, 0.4) is 0 Å². The van der Waals surface area contributed by atoms with Crippen molar-refractivity contribution in [3.63, 3.8) is 0 Å². The molecule has 0 aliphatic rings. The van der Waals surface area contributed by atoms with Gasteiger partial charge in [0.1, 0.15) is 16.5 Å². The lowest BCUT2D eigenvalue weighted by Crippen LogP contribution is -2.41. The van der Waals surface area contributed by atoms with E-state index >= 15 is 0 Å². The molecule has 1 aromatic carbocycles. The second-order valence-corrected chi connectivity index (χ2v) is 8.03. The number of benzene rings is 1. The minimum atomic E-state index is -4.15. The molecule has 2 N–H and O–H groups in total. The molecule has 0 aliphatic carbocycles. The maximum absolute atomic E-state index is 14.1.